The maximum Gasteiger partial charge on any atom is 1.00 e. The summed E-state index contributed by atoms with van der Waals surface area (Å²) in [5, 5.41) is 0. The van der Waals surface area contributed by atoms with Crippen LogP contribution in [0.25, 0.3) is 0 Å². The molecule has 0 saturated carbocycles. The topological polar surface area (TPSA) is 9.23 Å². The van der Waals surface area contributed by atoms with Crippen molar-refractivity contribution in [1.29, 1.82) is 0 Å². The van der Waals surface area contributed by atoms with Crippen LogP contribution in [0.1, 0.15) is 11.1 Å². The molecule has 0 spiro atoms. The first-order valence-corrected chi connectivity index (χ1v) is 4.58. The quantitative estimate of drug-likeness (QED) is 0.588. The molecule has 1 aromatic rings. The normalized spacial score (nSPS) is 11.9. The van der Waals surface area contributed by atoms with Crippen molar-refractivity contribution in [2.45, 2.75) is 12.5 Å². The van der Waals surface area contributed by atoms with E-state index in [4.69, 9.17) is 0 Å². The van der Waals surface area contributed by atoms with Crippen LogP contribution in [0.2, 0.25) is 0 Å². The molecule has 1 nitrogen and oxygen atoms in total. The average molecular weight is 296 g/mol. The van der Waals surface area contributed by atoms with Gasteiger partial charge < -0.3 is 17.7 Å². The molecule has 96 valence electrons. The largest absolute Gasteiger partial charge is 1.00 e. The molecule has 0 N–H and O–H groups in total. The first kappa shape index (κ1) is 18.3. The number of hydrogen-bond donors (Lipinski definition) is 0. The predicted molar refractivity (Wildman–Crippen MR) is 50.8 cm³/mol. The van der Waals surface area contributed by atoms with E-state index in [-0.39, 0.29) is 51.4 Å². The minimum absolute atomic E-state index is 0. The molecule has 0 radical (unpaired) electrons. The number of hydrogen-bond acceptors (Lipinski definition) is 1. The molecule has 0 aromatic heterocycles. The fourth-order valence-corrected chi connectivity index (χ4v) is 1.37. The summed E-state index contributed by atoms with van der Waals surface area (Å²) in [5.41, 5.74) is -1.62. The third-order valence-electron chi connectivity index (χ3n) is 2.04. The molecule has 0 saturated heterocycles. The van der Waals surface area contributed by atoms with Crippen LogP contribution in [0.3, 0.4) is 0 Å². The van der Waals surface area contributed by atoms with Gasteiger partial charge in [0.1, 0.15) is 5.75 Å². The van der Waals surface area contributed by atoms with Gasteiger partial charge in [0, 0.05) is 0 Å². The van der Waals surface area contributed by atoms with E-state index in [0.29, 0.717) is 6.07 Å². The standard InChI is InChI=1S/C9H8BF6O.K/c1-17-8-3-2-6(5-10(14,15)16)4-7(8)9(11,12)13;/h2-4H,5H2,1H3;/q-1;+1. The van der Waals surface area contributed by atoms with E-state index in [1.165, 1.54) is 0 Å². The van der Waals surface area contributed by atoms with Gasteiger partial charge in [0.2, 0.25) is 0 Å². The molecule has 1 rings (SSSR count). The Morgan fingerprint density at radius 3 is 2.11 bits per heavy atom. The minimum Gasteiger partial charge on any atom is -0.496 e. The zero-order chi connectivity index (χ0) is 13.3. The van der Waals surface area contributed by atoms with Crippen LogP contribution in [-0.4, -0.2) is 14.1 Å². The third-order valence-corrected chi connectivity index (χ3v) is 2.04. The Kier molecular flexibility index (Phi) is 6.76. The molecule has 0 atom stereocenters. The van der Waals surface area contributed by atoms with Crippen LogP contribution in [0, 0.1) is 0 Å². The number of benzene rings is 1. The van der Waals surface area contributed by atoms with E-state index in [1.807, 2.05) is 0 Å². The predicted octanol–water partition coefficient (Wildman–Crippen LogP) is 0.647. The van der Waals surface area contributed by atoms with Crippen LogP contribution < -0.4 is 56.1 Å². The first-order valence-electron chi connectivity index (χ1n) is 4.58. The average Bonchev–Trinajstić information content (AvgIpc) is 2.13. The molecule has 0 amide bonds. The van der Waals surface area contributed by atoms with Crippen molar-refractivity contribution >= 4 is 6.98 Å². The molecule has 0 bridgehead atoms. The smallest absolute Gasteiger partial charge is 0.496 e. The van der Waals surface area contributed by atoms with Gasteiger partial charge in [-0.25, -0.2) is 0 Å². The van der Waals surface area contributed by atoms with E-state index < -0.39 is 36.4 Å². The number of rotatable bonds is 3. The summed E-state index contributed by atoms with van der Waals surface area (Å²) >= 11 is 0. The van der Waals surface area contributed by atoms with Crippen LogP contribution >= 0.6 is 0 Å². The second-order valence-electron chi connectivity index (χ2n) is 3.45. The Morgan fingerprint density at radius 1 is 1.17 bits per heavy atom. The number of alkyl halides is 3. The molecular weight excluding hydrogens is 288 g/mol. The summed E-state index contributed by atoms with van der Waals surface area (Å²) in [6.45, 7) is -5.16. The van der Waals surface area contributed by atoms with Gasteiger partial charge in [-0.15, -0.1) is 0 Å². The van der Waals surface area contributed by atoms with Crippen molar-refractivity contribution in [1.82, 2.24) is 0 Å². The molecule has 0 aliphatic rings. The number of ether oxygens (including phenoxy) is 1. The zero-order valence-electron chi connectivity index (χ0n) is 9.69. The Hall–Kier alpha value is 0.301. The maximum absolute atomic E-state index is 12.5. The SMILES string of the molecule is COc1ccc(C[B-](F)(F)F)cc1C(F)(F)F.[K+]. The van der Waals surface area contributed by atoms with Gasteiger partial charge in [-0.05, 0) is 12.1 Å². The summed E-state index contributed by atoms with van der Waals surface area (Å²) in [6.07, 6.45) is -6.08. The molecule has 0 unspecified atom stereocenters. The molecule has 1 aromatic carbocycles. The van der Waals surface area contributed by atoms with Crippen LogP contribution in [0.5, 0.6) is 5.75 Å². The van der Waals surface area contributed by atoms with Gasteiger partial charge in [0.25, 0.3) is 0 Å². The molecule has 18 heavy (non-hydrogen) atoms. The monoisotopic (exact) mass is 296 g/mol. The number of halogens is 6. The maximum atomic E-state index is 12.5. The number of methoxy groups -OCH3 is 1. The zero-order valence-corrected chi connectivity index (χ0v) is 12.8. The van der Waals surface area contributed by atoms with Crippen molar-refractivity contribution in [3.05, 3.63) is 29.3 Å². The van der Waals surface area contributed by atoms with Crippen molar-refractivity contribution in [3.8, 4) is 5.75 Å². The van der Waals surface area contributed by atoms with E-state index in [0.717, 1.165) is 19.2 Å². The van der Waals surface area contributed by atoms with Gasteiger partial charge in [0.05, 0.1) is 12.7 Å². The fraction of sp³-hybridized carbons (Fsp3) is 0.333. The van der Waals surface area contributed by atoms with Gasteiger partial charge >= 0.3 is 64.5 Å². The Labute approximate surface area is 142 Å². The summed E-state index contributed by atoms with van der Waals surface area (Å²) in [5.74, 6) is -0.490. The van der Waals surface area contributed by atoms with Crippen molar-refractivity contribution in [3.63, 3.8) is 0 Å². The van der Waals surface area contributed by atoms with E-state index in [2.05, 4.69) is 4.74 Å². The first-order chi connectivity index (χ1) is 7.63. The van der Waals surface area contributed by atoms with Crippen molar-refractivity contribution in [2.75, 3.05) is 7.11 Å². The molecule has 0 fully saturated rings. The molecule has 9 heteroatoms. The van der Waals surface area contributed by atoms with E-state index >= 15 is 0 Å². The second kappa shape index (κ2) is 6.65. The minimum atomic E-state index is -5.16. The Balaban J connectivity index is 0.00000289. The van der Waals surface area contributed by atoms with Crippen molar-refractivity contribution in [2.24, 2.45) is 0 Å². The van der Waals surface area contributed by atoms with Gasteiger partial charge in [-0.2, -0.15) is 13.2 Å². The third kappa shape index (κ3) is 5.52. The summed E-state index contributed by atoms with van der Waals surface area (Å²) in [7, 11) is 1.03. The van der Waals surface area contributed by atoms with E-state index in [1.54, 1.807) is 0 Å². The summed E-state index contributed by atoms with van der Waals surface area (Å²) in [6, 6.07) is 2.33. The summed E-state index contributed by atoms with van der Waals surface area (Å²) < 4.78 is 78.2. The van der Waals surface area contributed by atoms with Crippen LogP contribution in [0.15, 0.2) is 18.2 Å². The van der Waals surface area contributed by atoms with Gasteiger partial charge in [-0.3, -0.25) is 0 Å². The fourth-order valence-electron chi connectivity index (χ4n) is 1.37. The van der Waals surface area contributed by atoms with E-state index in [9.17, 15) is 26.1 Å². The Morgan fingerprint density at radius 2 is 1.72 bits per heavy atom. The second-order valence-corrected chi connectivity index (χ2v) is 3.45. The summed E-state index contributed by atoms with van der Waals surface area (Å²) in [4.78, 5) is 0. The molecule has 0 aliphatic heterocycles. The molecular formula is C9H8BF6KO. The molecule has 0 aliphatic carbocycles. The van der Waals surface area contributed by atoms with Crippen LogP contribution in [-0.2, 0) is 12.5 Å². The Bertz CT molecular complexity index is 403. The van der Waals surface area contributed by atoms with Gasteiger partial charge in [0.15, 0.2) is 0 Å². The molecule has 0 heterocycles. The van der Waals surface area contributed by atoms with Gasteiger partial charge in [-0.1, -0.05) is 17.9 Å². The van der Waals surface area contributed by atoms with Crippen LogP contribution in [0.4, 0.5) is 26.1 Å². The van der Waals surface area contributed by atoms with Crippen molar-refractivity contribution < 1.29 is 82.2 Å².